The number of carbonyl (C=O) groups excluding carboxylic acids is 1. The molecule has 0 bridgehead atoms. The summed E-state index contributed by atoms with van der Waals surface area (Å²) >= 11 is 6.14. The Kier molecular flexibility index (Phi) is 6.63. The second-order valence-electron chi connectivity index (χ2n) is 7.18. The van der Waals surface area contributed by atoms with Gasteiger partial charge in [0, 0.05) is 30.3 Å². The summed E-state index contributed by atoms with van der Waals surface area (Å²) < 4.78 is 53.5. The van der Waals surface area contributed by atoms with E-state index in [1.807, 2.05) is 0 Å². The van der Waals surface area contributed by atoms with Crippen LogP contribution in [0.15, 0.2) is 41.3 Å². The summed E-state index contributed by atoms with van der Waals surface area (Å²) in [6.45, 7) is 3.26. The number of rotatable bonds is 5. The highest BCUT2D eigenvalue weighted by Gasteiger charge is 2.30. The summed E-state index contributed by atoms with van der Waals surface area (Å²) in [5.41, 5.74) is -1.82. The Morgan fingerprint density at radius 3 is 2.50 bits per heavy atom. The minimum Gasteiger partial charge on any atom is -0.352 e. The third-order valence-corrected chi connectivity index (χ3v) is 4.80. The topological polar surface area (TPSA) is 87.7 Å². The van der Waals surface area contributed by atoms with Crippen LogP contribution in [-0.4, -0.2) is 20.9 Å². The second-order valence-corrected chi connectivity index (χ2v) is 7.58. The van der Waals surface area contributed by atoms with Gasteiger partial charge in [0.15, 0.2) is 0 Å². The number of pyridine rings is 1. The third-order valence-electron chi connectivity index (χ3n) is 4.48. The highest BCUT2D eigenvalue weighted by Crippen LogP contribution is 2.32. The second kappa shape index (κ2) is 9.07. The Bertz CT molecular complexity index is 1210. The molecule has 0 fully saturated rings. The predicted octanol–water partition coefficient (Wildman–Crippen LogP) is 4.58. The van der Waals surface area contributed by atoms with Crippen LogP contribution in [0, 0.1) is 11.7 Å². The fraction of sp³-hybridized carbons (Fsp3) is 0.238. The number of carbonyl (C=O) groups is 1. The van der Waals surface area contributed by atoms with Gasteiger partial charge < -0.3 is 10.3 Å². The van der Waals surface area contributed by atoms with Crippen molar-refractivity contribution in [2.75, 3.05) is 0 Å². The molecule has 1 amide bonds. The maximum absolute atomic E-state index is 15.2. The quantitative estimate of drug-likeness (QED) is 0.536. The number of hydrogen-bond acceptors (Lipinski definition) is 4. The van der Waals surface area contributed by atoms with Gasteiger partial charge in [0.25, 0.3) is 5.56 Å². The summed E-state index contributed by atoms with van der Waals surface area (Å²) in [4.78, 5) is 34.2. The van der Waals surface area contributed by atoms with Gasteiger partial charge in [-0.05, 0) is 18.2 Å². The van der Waals surface area contributed by atoms with Gasteiger partial charge in [0.05, 0.1) is 27.5 Å². The SMILES string of the molecule is CC(C)C(=O)NCc1ccc(Cl)c(-c2nc(-c3ccc(C(F)(F)F)cn3)cc(=O)[nH]2)c1F. The zero-order chi connectivity index (χ0) is 23.6. The zero-order valence-electron chi connectivity index (χ0n) is 16.8. The molecule has 0 aliphatic heterocycles. The standard InChI is InChI=1S/C21H17ClF4N4O2/c1-10(2)20(32)28-8-11-3-5-13(22)17(18(11)23)19-29-15(7-16(31)30-19)14-6-4-12(9-27-14)21(24,25)26/h3-7,9-10H,8H2,1-2H3,(H,28,32)(H,29,30,31). The van der Waals surface area contributed by atoms with E-state index in [0.29, 0.717) is 6.20 Å². The Morgan fingerprint density at radius 2 is 1.91 bits per heavy atom. The first kappa shape index (κ1) is 23.4. The Morgan fingerprint density at radius 1 is 1.19 bits per heavy atom. The molecule has 0 saturated heterocycles. The van der Waals surface area contributed by atoms with Crippen LogP contribution in [0.25, 0.3) is 22.8 Å². The van der Waals surface area contributed by atoms with Crippen molar-refractivity contribution in [1.29, 1.82) is 0 Å². The maximum atomic E-state index is 15.2. The van der Waals surface area contributed by atoms with Crippen molar-refractivity contribution in [3.8, 4) is 22.8 Å². The van der Waals surface area contributed by atoms with E-state index in [1.165, 1.54) is 12.1 Å². The lowest BCUT2D eigenvalue weighted by Crippen LogP contribution is -2.27. The number of nitrogens with one attached hydrogen (secondary N) is 2. The minimum atomic E-state index is -4.57. The number of amides is 1. The molecule has 11 heteroatoms. The van der Waals surface area contributed by atoms with Crippen molar-refractivity contribution in [2.45, 2.75) is 26.6 Å². The van der Waals surface area contributed by atoms with Gasteiger partial charge in [-0.15, -0.1) is 0 Å². The molecule has 0 spiro atoms. The van der Waals surface area contributed by atoms with E-state index in [1.54, 1.807) is 13.8 Å². The van der Waals surface area contributed by atoms with Crippen molar-refractivity contribution in [3.05, 3.63) is 68.8 Å². The van der Waals surface area contributed by atoms with Gasteiger partial charge in [0.1, 0.15) is 11.6 Å². The summed E-state index contributed by atoms with van der Waals surface area (Å²) in [5, 5.41) is 2.53. The molecule has 2 aromatic heterocycles. The molecule has 1 aromatic carbocycles. The van der Waals surface area contributed by atoms with Crippen LogP contribution in [0.2, 0.25) is 5.02 Å². The molecule has 0 saturated carbocycles. The van der Waals surface area contributed by atoms with Crippen LogP contribution in [0.5, 0.6) is 0 Å². The minimum absolute atomic E-state index is 0.0118. The summed E-state index contributed by atoms with van der Waals surface area (Å²) in [7, 11) is 0. The van der Waals surface area contributed by atoms with E-state index in [-0.39, 0.29) is 51.7 Å². The maximum Gasteiger partial charge on any atom is 0.417 e. The summed E-state index contributed by atoms with van der Waals surface area (Å²) in [6.07, 6.45) is -3.95. The number of aromatic amines is 1. The van der Waals surface area contributed by atoms with Crippen molar-refractivity contribution in [2.24, 2.45) is 5.92 Å². The Balaban J connectivity index is 2.02. The van der Waals surface area contributed by atoms with Gasteiger partial charge in [-0.2, -0.15) is 13.2 Å². The fourth-order valence-electron chi connectivity index (χ4n) is 2.76. The van der Waals surface area contributed by atoms with Crippen LogP contribution in [0.3, 0.4) is 0 Å². The van der Waals surface area contributed by atoms with Crippen LogP contribution in [0.4, 0.5) is 17.6 Å². The molecule has 0 unspecified atom stereocenters. The highest BCUT2D eigenvalue weighted by atomic mass is 35.5. The van der Waals surface area contributed by atoms with E-state index < -0.39 is 23.1 Å². The normalized spacial score (nSPS) is 11.6. The molecule has 3 rings (SSSR count). The van der Waals surface area contributed by atoms with Crippen molar-refractivity contribution < 1.29 is 22.4 Å². The number of nitrogens with zero attached hydrogens (tertiary/aromatic N) is 2. The Hall–Kier alpha value is -3.27. The number of halogens is 5. The van der Waals surface area contributed by atoms with Crippen LogP contribution in [-0.2, 0) is 17.5 Å². The molecule has 0 aliphatic rings. The lowest BCUT2D eigenvalue weighted by Gasteiger charge is -2.13. The van der Waals surface area contributed by atoms with Crippen LogP contribution < -0.4 is 10.9 Å². The number of alkyl halides is 3. The van der Waals surface area contributed by atoms with Crippen molar-refractivity contribution in [1.82, 2.24) is 20.3 Å². The molecule has 2 N–H and O–H groups in total. The number of benzene rings is 1. The smallest absolute Gasteiger partial charge is 0.352 e. The van der Waals surface area contributed by atoms with Crippen molar-refractivity contribution >= 4 is 17.5 Å². The zero-order valence-corrected chi connectivity index (χ0v) is 17.6. The van der Waals surface area contributed by atoms with Crippen LogP contribution >= 0.6 is 11.6 Å². The van der Waals surface area contributed by atoms with E-state index in [0.717, 1.165) is 18.2 Å². The fourth-order valence-corrected chi connectivity index (χ4v) is 2.99. The van der Waals surface area contributed by atoms with E-state index in [2.05, 4.69) is 20.3 Å². The number of aromatic nitrogens is 3. The first-order valence-electron chi connectivity index (χ1n) is 9.37. The predicted molar refractivity (Wildman–Crippen MR) is 110 cm³/mol. The van der Waals surface area contributed by atoms with E-state index in [4.69, 9.17) is 11.6 Å². The molecular formula is C21H17ClF4N4O2. The third kappa shape index (κ3) is 5.13. The summed E-state index contributed by atoms with van der Waals surface area (Å²) in [6, 6.07) is 5.67. The van der Waals surface area contributed by atoms with Gasteiger partial charge in [-0.3, -0.25) is 14.6 Å². The molecule has 0 radical (unpaired) electrons. The van der Waals surface area contributed by atoms with Crippen LogP contribution in [0.1, 0.15) is 25.0 Å². The Labute approximate surface area is 184 Å². The molecule has 168 valence electrons. The monoisotopic (exact) mass is 468 g/mol. The average Bonchev–Trinajstić information content (AvgIpc) is 2.72. The lowest BCUT2D eigenvalue weighted by molar-refractivity contribution is -0.137. The van der Waals surface area contributed by atoms with Gasteiger partial charge in [-0.25, -0.2) is 9.37 Å². The van der Waals surface area contributed by atoms with Gasteiger partial charge in [-0.1, -0.05) is 31.5 Å². The number of hydrogen-bond donors (Lipinski definition) is 2. The molecule has 0 aliphatic carbocycles. The van der Waals surface area contributed by atoms with E-state index >= 15 is 4.39 Å². The van der Waals surface area contributed by atoms with E-state index in [9.17, 15) is 22.8 Å². The molecule has 3 aromatic rings. The molecule has 32 heavy (non-hydrogen) atoms. The van der Waals surface area contributed by atoms with Gasteiger partial charge >= 0.3 is 6.18 Å². The molecule has 2 heterocycles. The van der Waals surface area contributed by atoms with Gasteiger partial charge in [0.2, 0.25) is 5.91 Å². The molecule has 0 atom stereocenters. The van der Waals surface area contributed by atoms with Crippen molar-refractivity contribution in [3.63, 3.8) is 0 Å². The molecular weight excluding hydrogens is 452 g/mol. The highest BCUT2D eigenvalue weighted by molar-refractivity contribution is 6.33. The average molecular weight is 469 g/mol. The lowest BCUT2D eigenvalue weighted by atomic mass is 10.1. The first-order chi connectivity index (χ1) is 15.0. The first-order valence-corrected chi connectivity index (χ1v) is 9.75. The number of H-pyrrole nitrogens is 1. The largest absolute Gasteiger partial charge is 0.417 e. The molecule has 6 nitrogen and oxygen atoms in total. The summed E-state index contributed by atoms with van der Waals surface area (Å²) in [5.74, 6) is -1.60.